The molecule has 19 heavy (non-hydrogen) atoms. The summed E-state index contributed by atoms with van der Waals surface area (Å²) in [6.07, 6.45) is 2.54. The number of benzene rings is 1. The number of halogens is 1. The Morgan fingerprint density at radius 2 is 2.05 bits per heavy atom. The Balaban J connectivity index is 1.92. The summed E-state index contributed by atoms with van der Waals surface area (Å²) in [4.78, 5) is 2.61. The van der Waals surface area contributed by atoms with Crippen molar-refractivity contribution in [2.75, 3.05) is 19.6 Å². The zero-order valence-corrected chi connectivity index (χ0v) is 14.2. The average molecular weight is 372 g/mol. The molecule has 1 aromatic rings. The Morgan fingerprint density at radius 3 is 2.74 bits per heavy atom. The number of nitrogens with zero attached hydrogens (tertiary/aromatic N) is 1. The minimum Gasteiger partial charge on any atom is -0.313 e. The second-order valence-corrected chi connectivity index (χ2v) is 7.24. The van der Waals surface area contributed by atoms with Gasteiger partial charge in [0.15, 0.2) is 0 Å². The van der Waals surface area contributed by atoms with Gasteiger partial charge in [0.1, 0.15) is 0 Å². The standard InChI is InChI=1S/C16H25IN2/c1-13(2)10-16-12-19(9-3-8-18-16)11-14-4-6-15(17)7-5-14/h4-7,13,16,18H,3,8-12H2,1-2H3. The maximum Gasteiger partial charge on any atom is 0.0234 e. The van der Waals surface area contributed by atoms with E-state index in [4.69, 9.17) is 0 Å². The Morgan fingerprint density at radius 1 is 1.32 bits per heavy atom. The van der Waals surface area contributed by atoms with E-state index in [2.05, 4.69) is 70.9 Å². The van der Waals surface area contributed by atoms with Crippen molar-refractivity contribution in [1.82, 2.24) is 10.2 Å². The van der Waals surface area contributed by atoms with Crippen LogP contribution in [0.2, 0.25) is 0 Å². The van der Waals surface area contributed by atoms with E-state index in [0.717, 1.165) is 12.5 Å². The highest BCUT2D eigenvalue weighted by atomic mass is 127. The van der Waals surface area contributed by atoms with E-state index in [9.17, 15) is 0 Å². The summed E-state index contributed by atoms with van der Waals surface area (Å²) in [5, 5.41) is 3.69. The maximum atomic E-state index is 3.69. The van der Waals surface area contributed by atoms with E-state index < -0.39 is 0 Å². The van der Waals surface area contributed by atoms with Gasteiger partial charge in [0, 0.05) is 22.7 Å². The molecule has 0 spiro atoms. The van der Waals surface area contributed by atoms with Crippen LogP contribution in [0.3, 0.4) is 0 Å². The van der Waals surface area contributed by atoms with Gasteiger partial charge in [0.25, 0.3) is 0 Å². The molecule has 1 aliphatic heterocycles. The van der Waals surface area contributed by atoms with Crippen LogP contribution in [-0.2, 0) is 6.54 Å². The van der Waals surface area contributed by atoms with Gasteiger partial charge in [-0.25, -0.2) is 0 Å². The minimum atomic E-state index is 0.659. The molecule has 106 valence electrons. The van der Waals surface area contributed by atoms with E-state index >= 15 is 0 Å². The van der Waals surface area contributed by atoms with Crippen molar-refractivity contribution in [2.45, 2.75) is 39.3 Å². The van der Waals surface area contributed by atoms with Crippen LogP contribution in [0.15, 0.2) is 24.3 Å². The smallest absolute Gasteiger partial charge is 0.0234 e. The number of rotatable bonds is 4. The highest BCUT2D eigenvalue weighted by Gasteiger charge is 2.18. The third-order valence-electron chi connectivity index (χ3n) is 3.64. The fraction of sp³-hybridized carbons (Fsp3) is 0.625. The van der Waals surface area contributed by atoms with Gasteiger partial charge in [-0.1, -0.05) is 26.0 Å². The van der Waals surface area contributed by atoms with Crippen molar-refractivity contribution in [3.63, 3.8) is 0 Å². The Hall–Kier alpha value is -0.130. The lowest BCUT2D eigenvalue weighted by Gasteiger charge is -2.25. The lowest BCUT2D eigenvalue weighted by Crippen LogP contribution is -2.38. The fourth-order valence-electron chi connectivity index (χ4n) is 2.79. The molecule has 1 fully saturated rings. The second-order valence-electron chi connectivity index (χ2n) is 6.00. The van der Waals surface area contributed by atoms with Crippen LogP contribution in [-0.4, -0.2) is 30.6 Å². The zero-order valence-electron chi connectivity index (χ0n) is 12.0. The summed E-state index contributed by atoms with van der Waals surface area (Å²) in [5.74, 6) is 0.774. The predicted octanol–water partition coefficient (Wildman–Crippen LogP) is 3.50. The van der Waals surface area contributed by atoms with Crippen LogP contribution in [0.4, 0.5) is 0 Å². The highest BCUT2D eigenvalue weighted by molar-refractivity contribution is 14.1. The Labute approximate surface area is 131 Å². The van der Waals surface area contributed by atoms with E-state index in [1.807, 2.05) is 0 Å². The first-order valence-corrected chi connectivity index (χ1v) is 8.41. The normalized spacial score (nSPS) is 21.6. The van der Waals surface area contributed by atoms with Crippen LogP contribution in [0.1, 0.15) is 32.3 Å². The molecule has 2 rings (SSSR count). The summed E-state index contributed by atoms with van der Waals surface area (Å²) in [6.45, 7) is 9.29. The van der Waals surface area contributed by atoms with Gasteiger partial charge >= 0.3 is 0 Å². The first kappa shape index (κ1) is 15.3. The molecule has 1 unspecified atom stereocenters. The van der Waals surface area contributed by atoms with E-state index in [0.29, 0.717) is 6.04 Å². The number of hydrogen-bond acceptors (Lipinski definition) is 2. The van der Waals surface area contributed by atoms with Gasteiger partial charge < -0.3 is 5.32 Å². The molecular weight excluding hydrogens is 347 g/mol. The van der Waals surface area contributed by atoms with Crippen molar-refractivity contribution in [3.8, 4) is 0 Å². The topological polar surface area (TPSA) is 15.3 Å². The summed E-state index contributed by atoms with van der Waals surface area (Å²) >= 11 is 2.37. The van der Waals surface area contributed by atoms with Crippen molar-refractivity contribution in [2.24, 2.45) is 5.92 Å². The van der Waals surface area contributed by atoms with Crippen LogP contribution in [0, 0.1) is 9.49 Å². The third-order valence-corrected chi connectivity index (χ3v) is 4.36. The summed E-state index contributed by atoms with van der Waals surface area (Å²) < 4.78 is 1.32. The number of nitrogens with one attached hydrogen (secondary N) is 1. The van der Waals surface area contributed by atoms with Crippen molar-refractivity contribution < 1.29 is 0 Å². The molecule has 0 aliphatic carbocycles. The van der Waals surface area contributed by atoms with Crippen molar-refractivity contribution in [1.29, 1.82) is 0 Å². The van der Waals surface area contributed by atoms with Gasteiger partial charge in [0.05, 0.1) is 0 Å². The fourth-order valence-corrected chi connectivity index (χ4v) is 3.15. The van der Waals surface area contributed by atoms with Gasteiger partial charge in [-0.05, 0) is 72.1 Å². The maximum absolute atomic E-state index is 3.69. The monoisotopic (exact) mass is 372 g/mol. The first-order chi connectivity index (χ1) is 9.13. The van der Waals surface area contributed by atoms with Crippen LogP contribution < -0.4 is 5.32 Å². The minimum absolute atomic E-state index is 0.659. The van der Waals surface area contributed by atoms with Crippen LogP contribution in [0.5, 0.6) is 0 Å². The molecule has 3 heteroatoms. The molecule has 1 saturated heterocycles. The molecule has 0 radical (unpaired) electrons. The lowest BCUT2D eigenvalue weighted by molar-refractivity contribution is 0.248. The molecule has 1 atom stereocenters. The molecule has 1 heterocycles. The van der Waals surface area contributed by atoms with Crippen LogP contribution in [0.25, 0.3) is 0 Å². The van der Waals surface area contributed by atoms with Gasteiger partial charge in [-0.15, -0.1) is 0 Å². The highest BCUT2D eigenvalue weighted by Crippen LogP contribution is 2.14. The van der Waals surface area contributed by atoms with E-state index in [1.165, 1.54) is 41.6 Å². The zero-order chi connectivity index (χ0) is 13.7. The van der Waals surface area contributed by atoms with Crippen LogP contribution >= 0.6 is 22.6 Å². The van der Waals surface area contributed by atoms with Gasteiger partial charge in [-0.3, -0.25) is 4.90 Å². The predicted molar refractivity (Wildman–Crippen MR) is 90.3 cm³/mol. The Bertz CT molecular complexity index is 375. The molecule has 2 nitrogen and oxygen atoms in total. The summed E-state index contributed by atoms with van der Waals surface area (Å²) in [7, 11) is 0. The van der Waals surface area contributed by atoms with Gasteiger partial charge in [-0.2, -0.15) is 0 Å². The molecule has 0 saturated carbocycles. The molecule has 1 N–H and O–H groups in total. The molecule has 1 aromatic carbocycles. The third kappa shape index (κ3) is 5.40. The molecule has 0 amide bonds. The summed E-state index contributed by atoms with van der Waals surface area (Å²) in [5.41, 5.74) is 1.44. The molecule has 0 aromatic heterocycles. The quantitative estimate of drug-likeness (QED) is 0.814. The first-order valence-electron chi connectivity index (χ1n) is 7.33. The number of hydrogen-bond donors (Lipinski definition) is 1. The van der Waals surface area contributed by atoms with Crippen molar-refractivity contribution >= 4 is 22.6 Å². The van der Waals surface area contributed by atoms with Gasteiger partial charge in [0.2, 0.25) is 0 Å². The van der Waals surface area contributed by atoms with E-state index in [-0.39, 0.29) is 0 Å². The molecular formula is C16H25IN2. The summed E-state index contributed by atoms with van der Waals surface area (Å²) in [6, 6.07) is 9.59. The molecule has 0 bridgehead atoms. The molecule has 1 aliphatic rings. The lowest BCUT2D eigenvalue weighted by atomic mass is 10.0. The SMILES string of the molecule is CC(C)CC1CN(Cc2ccc(I)cc2)CCCN1. The Kier molecular flexibility index (Phi) is 6.10. The largest absolute Gasteiger partial charge is 0.313 e. The van der Waals surface area contributed by atoms with Crippen molar-refractivity contribution in [3.05, 3.63) is 33.4 Å². The van der Waals surface area contributed by atoms with E-state index in [1.54, 1.807) is 0 Å². The second kappa shape index (κ2) is 7.60. The average Bonchev–Trinajstić information content (AvgIpc) is 2.57.